The molecule has 2 atom stereocenters. The van der Waals surface area contributed by atoms with Gasteiger partial charge < -0.3 is 4.74 Å². The average Bonchev–Trinajstić information content (AvgIpc) is 2.31. The topological polar surface area (TPSA) is 9.23 Å². The highest BCUT2D eigenvalue weighted by molar-refractivity contribution is 4.73. The van der Waals surface area contributed by atoms with Gasteiger partial charge in [0.25, 0.3) is 0 Å². The van der Waals surface area contributed by atoms with Gasteiger partial charge in [-0.25, -0.2) is 0 Å². The molecule has 1 saturated carbocycles. The van der Waals surface area contributed by atoms with Crippen molar-refractivity contribution in [3.63, 3.8) is 0 Å². The highest BCUT2D eigenvalue weighted by atomic mass is 16.5. The lowest BCUT2D eigenvalue weighted by Gasteiger charge is -2.13. The fourth-order valence-electron chi connectivity index (χ4n) is 1.92. The quantitative estimate of drug-likeness (QED) is 0.588. The Hall–Kier alpha value is -0.0400. The summed E-state index contributed by atoms with van der Waals surface area (Å²) in [7, 11) is 1.79. The van der Waals surface area contributed by atoms with Gasteiger partial charge in [0, 0.05) is 13.7 Å². The van der Waals surface area contributed by atoms with Crippen molar-refractivity contribution >= 4 is 0 Å². The largest absolute Gasteiger partial charge is 0.385 e. The van der Waals surface area contributed by atoms with Crippen LogP contribution in [0.15, 0.2) is 0 Å². The molecule has 0 aromatic rings. The van der Waals surface area contributed by atoms with Gasteiger partial charge in [-0.2, -0.15) is 0 Å². The summed E-state index contributed by atoms with van der Waals surface area (Å²) in [6.07, 6.45) is 5.59. The molecule has 10 heavy (non-hydrogen) atoms. The van der Waals surface area contributed by atoms with Crippen molar-refractivity contribution in [2.75, 3.05) is 13.7 Å². The third-order valence-corrected chi connectivity index (χ3v) is 2.73. The minimum Gasteiger partial charge on any atom is -0.385 e. The molecule has 0 N–H and O–H groups in total. The molecule has 0 amide bonds. The third-order valence-electron chi connectivity index (χ3n) is 2.73. The molecule has 0 spiro atoms. The first-order valence-electron chi connectivity index (χ1n) is 4.33. The number of methoxy groups -OCH3 is 1. The Morgan fingerprint density at radius 2 is 2.20 bits per heavy atom. The van der Waals surface area contributed by atoms with Gasteiger partial charge in [-0.15, -0.1) is 0 Å². The van der Waals surface area contributed by atoms with E-state index in [1.165, 1.54) is 25.7 Å². The molecule has 1 rings (SSSR count). The highest BCUT2D eigenvalue weighted by Gasteiger charge is 2.22. The van der Waals surface area contributed by atoms with Crippen LogP contribution in [-0.2, 0) is 4.74 Å². The summed E-state index contributed by atoms with van der Waals surface area (Å²) >= 11 is 0. The number of ether oxygens (including phenoxy) is 1. The number of hydrogen-bond acceptors (Lipinski definition) is 1. The Bertz CT molecular complexity index is 90.7. The Morgan fingerprint density at radius 3 is 2.70 bits per heavy atom. The SMILES string of the molecule is COCCC1CCCC1C. The molecule has 0 aliphatic heterocycles. The molecule has 1 aliphatic carbocycles. The predicted octanol–water partition coefficient (Wildman–Crippen LogP) is 2.46. The summed E-state index contributed by atoms with van der Waals surface area (Å²) < 4.78 is 5.05. The van der Waals surface area contributed by atoms with Crippen LogP contribution in [0.3, 0.4) is 0 Å². The summed E-state index contributed by atoms with van der Waals surface area (Å²) in [5.74, 6) is 1.91. The van der Waals surface area contributed by atoms with Gasteiger partial charge in [-0.3, -0.25) is 0 Å². The monoisotopic (exact) mass is 142 g/mol. The van der Waals surface area contributed by atoms with E-state index in [0.29, 0.717) is 0 Å². The van der Waals surface area contributed by atoms with E-state index < -0.39 is 0 Å². The Morgan fingerprint density at radius 1 is 1.40 bits per heavy atom. The van der Waals surface area contributed by atoms with Crippen molar-refractivity contribution in [1.82, 2.24) is 0 Å². The van der Waals surface area contributed by atoms with Crippen molar-refractivity contribution in [2.45, 2.75) is 32.6 Å². The molecule has 1 aliphatic rings. The van der Waals surface area contributed by atoms with E-state index in [0.717, 1.165) is 18.4 Å². The van der Waals surface area contributed by atoms with Gasteiger partial charge in [0.15, 0.2) is 0 Å². The second kappa shape index (κ2) is 3.97. The van der Waals surface area contributed by atoms with Crippen LogP contribution in [0.2, 0.25) is 0 Å². The van der Waals surface area contributed by atoms with Crippen LogP contribution in [-0.4, -0.2) is 13.7 Å². The fraction of sp³-hybridized carbons (Fsp3) is 1.00. The van der Waals surface area contributed by atoms with Crippen LogP contribution in [0.25, 0.3) is 0 Å². The van der Waals surface area contributed by atoms with Gasteiger partial charge >= 0.3 is 0 Å². The van der Waals surface area contributed by atoms with Crippen molar-refractivity contribution in [2.24, 2.45) is 11.8 Å². The zero-order chi connectivity index (χ0) is 7.40. The molecule has 0 heterocycles. The first-order valence-corrected chi connectivity index (χ1v) is 4.33. The Balaban J connectivity index is 2.14. The zero-order valence-electron chi connectivity index (χ0n) is 7.10. The second-order valence-electron chi connectivity index (χ2n) is 3.45. The molecule has 1 fully saturated rings. The van der Waals surface area contributed by atoms with E-state index >= 15 is 0 Å². The molecule has 0 aromatic heterocycles. The van der Waals surface area contributed by atoms with Gasteiger partial charge in [0.2, 0.25) is 0 Å². The lowest BCUT2D eigenvalue weighted by Crippen LogP contribution is -2.06. The van der Waals surface area contributed by atoms with Crippen LogP contribution < -0.4 is 0 Å². The maximum absolute atomic E-state index is 5.05. The molecule has 1 heteroatoms. The number of hydrogen-bond donors (Lipinski definition) is 0. The van der Waals surface area contributed by atoms with E-state index in [1.807, 2.05) is 0 Å². The standard InChI is InChI=1S/C9H18O/c1-8-4-3-5-9(8)6-7-10-2/h8-9H,3-7H2,1-2H3. The van der Waals surface area contributed by atoms with E-state index in [4.69, 9.17) is 4.74 Å². The molecule has 60 valence electrons. The predicted molar refractivity (Wildman–Crippen MR) is 43.0 cm³/mol. The zero-order valence-corrected chi connectivity index (χ0v) is 7.10. The molecule has 0 radical (unpaired) electrons. The van der Waals surface area contributed by atoms with Crippen molar-refractivity contribution in [3.8, 4) is 0 Å². The summed E-state index contributed by atoms with van der Waals surface area (Å²) in [5.41, 5.74) is 0. The van der Waals surface area contributed by atoms with E-state index in [9.17, 15) is 0 Å². The molecule has 0 saturated heterocycles. The lowest BCUT2D eigenvalue weighted by molar-refractivity contribution is 0.169. The first kappa shape index (κ1) is 8.06. The van der Waals surface area contributed by atoms with Crippen molar-refractivity contribution < 1.29 is 4.74 Å². The molecule has 1 nitrogen and oxygen atoms in total. The average molecular weight is 142 g/mol. The molecule has 0 aromatic carbocycles. The second-order valence-corrected chi connectivity index (χ2v) is 3.45. The summed E-state index contributed by atoms with van der Waals surface area (Å²) in [4.78, 5) is 0. The minimum atomic E-state index is 0.953. The molecule has 0 bridgehead atoms. The van der Waals surface area contributed by atoms with Crippen LogP contribution >= 0.6 is 0 Å². The molecular formula is C9H18O. The van der Waals surface area contributed by atoms with Crippen LogP contribution in [0.4, 0.5) is 0 Å². The molecular weight excluding hydrogens is 124 g/mol. The van der Waals surface area contributed by atoms with Gasteiger partial charge in [-0.05, 0) is 18.3 Å². The van der Waals surface area contributed by atoms with Crippen LogP contribution in [0, 0.1) is 11.8 Å². The van der Waals surface area contributed by atoms with Crippen molar-refractivity contribution in [3.05, 3.63) is 0 Å². The lowest BCUT2D eigenvalue weighted by atomic mass is 9.95. The smallest absolute Gasteiger partial charge is 0.0465 e. The minimum absolute atomic E-state index is 0.953. The third kappa shape index (κ3) is 1.98. The highest BCUT2D eigenvalue weighted by Crippen LogP contribution is 2.33. The first-order chi connectivity index (χ1) is 4.84. The Labute approximate surface area is 63.8 Å². The van der Waals surface area contributed by atoms with Crippen LogP contribution in [0.5, 0.6) is 0 Å². The summed E-state index contributed by atoms with van der Waals surface area (Å²) in [6.45, 7) is 3.32. The Kier molecular flexibility index (Phi) is 3.20. The summed E-state index contributed by atoms with van der Waals surface area (Å²) in [6, 6.07) is 0. The van der Waals surface area contributed by atoms with Gasteiger partial charge in [-0.1, -0.05) is 26.2 Å². The van der Waals surface area contributed by atoms with E-state index in [2.05, 4.69) is 6.92 Å². The maximum Gasteiger partial charge on any atom is 0.0465 e. The van der Waals surface area contributed by atoms with Gasteiger partial charge in [0.1, 0.15) is 0 Å². The normalized spacial score (nSPS) is 33.0. The fourth-order valence-corrected chi connectivity index (χ4v) is 1.92. The molecule has 2 unspecified atom stereocenters. The number of rotatable bonds is 3. The van der Waals surface area contributed by atoms with Crippen molar-refractivity contribution in [1.29, 1.82) is 0 Å². The van der Waals surface area contributed by atoms with Crippen LogP contribution in [0.1, 0.15) is 32.6 Å². The van der Waals surface area contributed by atoms with E-state index in [1.54, 1.807) is 7.11 Å². The maximum atomic E-state index is 5.05. The van der Waals surface area contributed by atoms with E-state index in [-0.39, 0.29) is 0 Å². The summed E-state index contributed by atoms with van der Waals surface area (Å²) in [5, 5.41) is 0. The van der Waals surface area contributed by atoms with Gasteiger partial charge in [0.05, 0.1) is 0 Å².